The minimum absolute atomic E-state index is 0.0335. The third-order valence-electron chi connectivity index (χ3n) is 4.34. The van der Waals surface area contributed by atoms with Crippen LogP contribution in [0.3, 0.4) is 0 Å². The van der Waals surface area contributed by atoms with Crippen molar-refractivity contribution in [1.82, 2.24) is 0 Å². The van der Waals surface area contributed by atoms with Gasteiger partial charge in [-0.3, -0.25) is 0 Å². The molecular formula is C20H15Cl2F4NO2. The summed E-state index contributed by atoms with van der Waals surface area (Å²) in [5, 5.41) is 10.5. The lowest BCUT2D eigenvalue weighted by molar-refractivity contribution is -0.137. The van der Waals surface area contributed by atoms with Crippen LogP contribution < -0.4 is 5.73 Å². The largest absolute Gasteiger partial charge is 0.504 e. The molecule has 154 valence electrons. The number of rotatable bonds is 5. The van der Waals surface area contributed by atoms with Gasteiger partial charge in [0.2, 0.25) is 5.88 Å². The molecule has 3 aromatic rings. The molecule has 29 heavy (non-hydrogen) atoms. The fourth-order valence-electron chi connectivity index (χ4n) is 3.00. The molecule has 3 N–H and O–H groups in total. The third kappa shape index (κ3) is 4.62. The van der Waals surface area contributed by atoms with E-state index in [4.69, 9.17) is 33.4 Å². The molecule has 0 unspecified atom stereocenters. The molecule has 9 heteroatoms. The van der Waals surface area contributed by atoms with Crippen LogP contribution in [-0.4, -0.2) is 9.94 Å². The average molecular weight is 448 g/mol. The Morgan fingerprint density at radius 2 is 1.72 bits per heavy atom. The van der Waals surface area contributed by atoms with Crippen LogP contribution in [0, 0.1) is 5.82 Å². The Morgan fingerprint density at radius 1 is 1.07 bits per heavy atom. The quantitative estimate of drug-likeness (QED) is 0.354. The fraction of sp³-hybridized carbons (Fsp3) is 0.200. The van der Waals surface area contributed by atoms with Gasteiger partial charge in [-0.1, -0.05) is 30.3 Å². The molecule has 0 spiro atoms. The van der Waals surface area contributed by atoms with Crippen LogP contribution in [0.15, 0.2) is 46.9 Å². The number of halogens is 6. The second kappa shape index (κ2) is 8.16. The maximum absolute atomic E-state index is 14.7. The van der Waals surface area contributed by atoms with Crippen molar-refractivity contribution in [2.24, 2.45) is 0 Å². The molecule has 0 radical (unpaired) electrons. The molecule has 3 rings (SSSR count). The van der Waals surface area contributed by atoms with Gasteiger partial charge in [0.05, 0.1) is 11.1 Å². The molecule has 2 aromatic carbocycles. The van der Waals surface area contributed by atoms with E-state index in [0.717, 1.165) is 12.1 Å². The topological polar surface area (TPSA) is 59.4 Å². The smallest absolute Gasteiger partial charge is 0.416 e. The summed E-state index contributed by atoms with van der Waals surface area (Å²) in [6, 6.07) is 8.93. The van der Waals surface area contributed by atoms with E-state index in [1.807, 2.05) is 0 Å². The van der Waals surface area contributed by atoms with E-state index in [-0.39, 0.29) is 46.7 Å². The highest BCUT2D eigenvalue weighted by Crippen LogP contribution is 2.42. The van der Waals surface area contributed by atoms with Gasteiger partial charge < -0.3 is 15.3 Å². The second-order valence-electron chi connectivity index (χ2n) is 6.35. The molecule has 0 bridgehead atoms. The van der Waals surface area contributed by atoms with Crippen LogP contribution in [0.25, 0.3) is 11.1 Å². The Morgan fingerprint density at radius 3 is 2.38 bits per heavy atom. The van der Waals surface area contributed by atoms with Crippen LogP contribution in [0.5, 0.6) is 5.75 Å². The molecule has 0 aliphatic carbocycles. The van der Waals surface area contributed by atoms with Gasteiger partial charge in [-0.05, 0) is 28.8 Å². The summed E-state index contributed by atoms with van der Waals surface area (Å²) in [5.41, 5.74) is 5.32. The lowest BCUT2D eigenvalue weighted by Crippen LogP contribution is -2.04. The molecule has 0 atom stereocenters. The summed E-state index contributed by atoms with van der Waals surface area (Å²) >= 11 is 11.4. The third-order valence-corrected chi connectivity index (χ3v) is 4.65. The summed E-state index contributed by atoms with van der Waals surface area (Å²) in [7, 11) is 0. The number of nitrogen functional groups attached to an aromatic ring is 1. The highest BCUT2D eigenvalue weighted by atomic mass is 35.5. The normalized spacial score (nSPS) is 12.0. The number of hydrogen-bond acceptors (Lipinski definition) is 3. The second-order valence-corrected chi connectivity index (χ2v) is 7.63. The predicted octanol–water partition coefficient (Wildman–Crippen LogP) is 6.33. The number of furan rings is 1. The van der Waals surface area contributed by atoms with Gasteiger partial charge in [-0.2, -0.15) is 13.2 Å². The summed E-state index contributed by atoms with van der Waals surface area (Å²) in [6.07, 6.45) is -4.63. The van der Waals surface area contributed by atoms with E-state index in [1.54, 1.807) is 6.07 Å². The first kappa shape index (κ1) is 21.3. The zero-order valence-electron chi connectivity index (χ0n) is 14.7. The van der Waals surface area contributed by atoms with Crippen molar-refractivity contribution < 1.29 is 27.1 Å². The molecular weight excluding hydrogens is 433 g/mol. The van der Waals surface area contributed by atoms with Gasteiger partial charge in [0.1, 0.15) is 10.7 Å². The zero-order chi connectivity index (χ0) is 21.3. The van der Waals surface area contributed by atoms with E-state index in [0.29, 0.717) is 0 Å². The first-order chi connectivity index (χ1) is 13.6. The Kier molecular flexibility index (Phi) is 6.00. The number of aromatic hydroxyl groups is 1. The van der Waals surface area contributed by atoms with Crippen molar-refractivity contribution in [3.8, 4) is 16.9 Å². The van der Waals surface area contributed by atoms with Gasteiger partial charge in [-0.15, -0.1) is 23.2 Å². The van der Waals surface area contributed by atoms with Crippen molar-refractivity contribution >= 4 is 29.1 Å². The highest BCUT2D eigenvalue weighted by molar-refractivity contribution is 6.44. The number of anilines is 1. The Labute approximate surface area is 173 Å². The standard InChI is InChI=1S/C20H15Cl2F4NO2/c21-15(22)9-12-5-1-4-11(17(12)23)8-14-18(28)16(19(27)29-14)10-3-2-6-13(7-10)20(24,25)26/h1-7,15,28H,8-9,27H2. The van der Waals surface area contributed by atoms with Crippen LogP contribution in [-0.2, 0) is 19.0 Å². The van der Waals surface area contributed by atoms with E-state index < -0.39 is 28.1 Å². The van der Waals surface area contributed by atoms with Crippen molar-refractivity contribution in [1.29, 1.82) is 0 Å². The first-order valence-corrected chi connectivity index (χ1v) is 9.27. The molecule has 1 heterocycles. The molecule has 0 aliphatic rings. The fourth-order valence-corrected chi connectivity index (χ4v) is 3.34. The Bertz CT molecular complexity index is 1030. The summed E-state index contributed by atoms with van der Waals surface area (Å²) in [6.45, 7) is 0. The number of benzene rings is 2. The summed E-state index contributed by atoms with van der Waals surface area (Å²) < 4.78 is 58.9. The van der Waals surface area contributed by atoms with Gasteiger partial charge in [0, 0.05) is 12.8 Å². The zero-order valence-corrected chi connectivity index (χ0v) is 16.2. The van der Waals surface area contributed by atoms with Crippen LogP contribution in [0.4, 0.5) is 23.4 Å². The number of alkyl halides is 5. The van der Waals surface area contributed by atoms with Crippen LogP contribution >= 0.6 is 23.2 Å². The molecule has 3 nitrogen and oxygen atoms in total. The van der Waals surface area contributed by atoms with E-state index in [1.165, 1.54) is 24.3 Å². The van der Waals surface area contributed by atoms with E-state index >= 15 is 0 Å². The molecule has 0 saturated carbocycles. The van der Waals surface area contributed by atoms with Gasteiger partial charge in [0.25, 0.3) is 0 Å². The molecule has 0 saturated heterocycles. The predicted molar refractivity (Wildman–Crippen MR) is 104 cm³/mol. The van der Waals surface area contributed by atoms with Crippen LogP contribution in [0.2, 0.25) is 0 Å². The van der Waals surface area contributed by atoms with Gasteiger partial charge in [-0.25, -0.2) is 4.39 Å². The lowest BCUT2D eigenvalue weighted by Gasteiger charge is -2.09. The molecule has 1 aromatic heterocycles. The van der Waals surface area contributed by atoms with Crippen molar-refractivity contribution in [2.75, 3.05) is 5.73 Å². The minimum Gasteiger partial charge on any atom is -0.504 e. The van der Waals surface area contributed by atoms with Crippen molar-refractivity contribution in [3.63, 3.8) is 0 Å². The first-order valence-electron chi connectivity index (χ1n) is 8.40. The molecule has 0 aliphatic heterocycles. The minimum atomic E-state index is -4.56. The SMILES string of the molecule is Nc1oc(Cc2cccc(CC(Cl)Cl)c2F)c(O)c1-c1cccc(C(F)(F)F)c1. The monoisotopic (exact) mass is 447 g/mol. The van der Waals surface area contributed by atoms with Crippen molar-refractivity contribution in [2.45, 2.75) is 23.9 Å². The summed E-state index contributed by atoms with van der Waals surface area (Å²) in [5.74, 6) is -1.35. The number of nitrogens with two attached hydrogens (primary N) is 1. The maximum atomic E-state index is 14.7. The van der Waals surface area contributed by atoms with E-state index in [2.05, 4.69) is 0 Å². The molecule has 0 amide bonds. The Hall–Kier alpha value is -2.38. The Balaban J connectivity index is 1.98. The van der Waals surface area contributed by atoms with Crippen LogP contribution in [0.1, 0.15) is 22.5 Å². The highest BCUT2D eigenvalue weighted by Gasteiger charge is 2.31. The lowest BCUT2D eigenvalue weighted by atomic mass is 10.0. The number of hydrogen-bond donors (Lipinski definition) is 2. The van der Waals surface area contributed by atoms with E-state index in [9.17, 15) is 22.7 Å². The average Bonchev–Trinajstić information content (AvgIpc) is 2.91. The van der Waals surface area contributed by atoms with Gasteiger partial charge >= 0.3 is 6.18 Å². The summed E-state index contributed by atoms with van der Waals surface area (Å²) in [4.78, 5) is -0.792. The molecule has 0 fully saturated rings. The van der Waals surface area contributed by atoms with Crippen molar-refractivity contribution in [3.05, 3.63) is 70.7 Å². The van der Waals surface area contributed by atoms with Gasteiger partial charge in [0.15, 0.2) is 11.5 Å². The maximum Gasteiger partial charge on any atom is 0.416 e.